The van der Waals surface area contributed by atoms with Crippen molar-refractivity contribution >= 4 is 62.3 Å². The summed E-state index contributed by atoms with van der Waals surface area (Å²) < 4.78 is 27.0. The molecular weight excluding hydrogens is 629 g/mol. The van der Waals surface area contributed by atoms with Gasteiger partial charge in [-0.1, -0.05) is 114 Å². The molecule has 0 aliphatic heterocycles. The standard InChI is InChI=1S/C32H36Cl3N3O4S/c1-22-13-15-24(16-14-22)20-37(31(39)21-38(43(2,41)42)29-19-27(34)26(33)18-28(29)35)30(17-23-9-5-3-6-10-23)32(40)36-25-11-7-4-8-12-25/h3,5-6,9-10,13-16,18-19,25,30H,4,7-8,11-12,17,20-21H2,1-2H3,(H,36,40). The van der Waals surface area contributed by atoms with E-state index in [4.69, 9.17) is 34.8 Å². The SMILES string of the molecule is Cc1ccc(CN(C(=O)CN(c2cc(Cl)c(Cl)cc2Cl)S(C)(=O)=O)C(Cc2ccccc2)C(=O)NC2CCCCC2)cc1. The Kier molecular flexibility index (Phi) is 11.4. The summed E-state index contributed by atoms with van der Waals surface area (Å²) in [7, 11) is -4.01. The lowest BCUT2D eigenvalue weighted by Gasteiger charge is -2.35. The summed E-state index contributed by atoms with van der Waals surface area (Å²) in [6.07, 6.45) is 6.21. The summed E-state index contributed by atoms with van der Waals surface area (Å²) in [5.74, 6) is -0.831. The Morgan fingerprint density at radius 3 is 2.14 bits per heavy atom. The fourth-order valence-electron chi connectivity index (χ4n) is 5.29. The van der Waals surface area contributed by atoms with Gasteiger partial charge in [0.1, 0.15) is 12.6 Å². The van der Waals surface area contributed by atoms with Crippen LogP contribution in [0.1, 0.15) is 48.8 Å². The molecule has 4 rings (SSSR count). The first-order valence-electron chi connectivity index (χ1n) is 14.2. The molecule has 230 valence electrons. The van der Waals surface area contributed by atoms with Crippen LogP contribution in [-0.2, 0) is 32.6 Å². The van der Waals surface area contributed by atoms with Crippen molar-refractivity contribution in [1.82, 2.24) is 10.2 Å². The van der Waals surface area contributed by atoms with Gasteiger partial charge in [-0.05, 0) is 43.0 Å². The number of nitrogens with zero attached hydrogens (tertiary/aromatic N) is 2. The van der Waals surface area contributed by atoms with E-state index in [-0.39, 0.29) is 45.7 Å². The molecule has 0 heterocycles. The maximum Gasteiger partial charge on any atom is 0.244 e. The minimum atomic E-state index is -4.01. The van der Waals surface area contributed by atoms with Crippen molar-refractivity contribution in [2.75, 3.05) is 17.1 Å². The Bertz CT molecular complexity index is 1530. The van der Waals surface area contributed by atoms with Gasteiger partial charge >= 0.3 is 0 Å². The van der Waals surface area contributed by atoms with Crippen molar-refractivity contribution in [1.29, 1.82) is 0 Å². The number of anilines is 1. The molecular formula is C32H36Cl3N3O4S. The van der Waals surface area contributed by atoms with Crippen LogP contribution in [0.15, 0.2) is 66.7 Å². The van der Waals surface area contributed by atoms with E-state index in [1.54, 1.807) is 0 Å². The molecule has 1 N–H and O–H groups in total. The van der Waals surface area contributed by atoms with Gasteiger partial charge in [0.15, 0.2) is 0 Å². The van der Waals surface area contributed by atoms with Crippen molar-refractivity contribution in [3.63, 3.8) is 0 Å². The lowest BCUT2D eigenvalue weighted by atomic mass is 9.94. The van der Waals surface area contributed by atoms with E-state index >= 15 is 0 Å². The third kappa shape index (κ3) is 9.11. The predicted octanol–water partition coefficient (Wildman–Crippen LogP) is 6.81. The van der Waals surface area contributed by atoms with Crippen LogP contribution in [-0.4, -0.2) is 50.0 Å². The molecule has 0 bridgehead atoms. The van der Waals surface area contributed by atoms with Gasteiger partial charge in [0.2, 0.25) is 21.8 Å². The summed E-state index contributed by atoms with van der Waals surface area (Å²) in [4.78, 5) is 29.8. The zero-order valence-corrected chi connectivity index (χ0v) is 27.3. The molecule has 43 heavy (non-hydrogen) atoms. The van der Waals surface area contributed by atoms with E-state index < -0.39 is 28.5 Å². The number of hydrogen-bond acceptors (Lipinski definition) is 4. The van der Waals surface area contributed by atoms with Gasteiger partial charge in [0, 0.05) is 19.0 Å². The minimum Gasteiger partial charge on any atom is -0.352 e. The quantitative estimate of drug-likeness (QED) is 0.228. The second kappa shape index (κ2) is 14.8. The summed E-state index contributed by atoms with van der Waals surface area (Å²) in [5, 5.41) is 3.45. The third-order valence-corrected chi connectivity index (χ3v) is 9.79. The average Bonchev–Trinajstić information content (AvgIpc) is 2.97. The highest BCUT2D eigenvalue weighted by atomic mass is 35.5. The second-order valence-corrected chi connectivity index (χ2v) is 14.2. The fourth-order valence-corrected chi connectivity index (χ4v) is 6.83. The van der Waals surface area contributed by atoms with Crippen molar-refractivity contribution in [3.05, 3.63) is 98.5 Å². The highest BCUT2D eigenvalue weighted by molar-refractivity contribution is 7.92. The van der Waals surface area contributed by atoms with Gasteiger partial charge in [0.05, 0.1) is 27.0 Å². The van der Waals surface area contributed by atoms with Crippen LogP contribution in [0.4, 0.5) is 5.69 Å². The molecule has 1 aliphatic rings. The molecule has 0 radical (unpaired) electrons. The van der Waals surface area contributed by atoms with Crippen LogP contribution in [0.5, 0.6) is 0 Å². The lowest BCUT2D eigenvalue weighted by molar-refractivity contribution is -0.140. The van der Waals surface area contributed by atoms with E-state index in [9.17, 15) is 18.0 Å². The minimum absolute atomic E-state index is 0.0217. The number of sulfonamides is 1. The summed E-state index contributed by atoms with van der Waals surface area (Å²) in [6.45, 7) is 1.47. The molecule has 0 spiro atoms. The van der Waals surface area contributed by atoms with Gasteiger partial charge < -0.3 is 10.2 Å². The zero-order valence-electron chi connectivity index (χ0n) is 24.2. The van der Waals surface area contributed by atoms with Crippen LogP contribution in [0.2, 0.25) is 15.1 Å². The molecule has 2 amide bonds. The van der Waals surface area contributed by atoms with E-state index in [1.165, 1.54) is 17.0 Å². The van der Waals surface area contributed by atoms with E-state index in [2.05, 4.69) is 5.32 Å². The molecule has 1 atom stereocenters. The number of carbonyl (C=O) groups is 2. The predicted molar refractivity (Wildman–Crippen MR) is 174 cm³/mol. The number of hydrogen-bond donors (Lipinski definition) is 1. The summed E-state index contributed by atoms with van der Waals surface area (Å²) in [5.41, 5.74) is 2.75. The normalized spacial score (nSPS) is 14.6. The maximum atomic E-state index is 14.3. The molecule has 3 aromatic carbocycles. The number of nitrogens with one attached hydrogen (secondary N) is 1. The molecule has 1 saturated carbocycles. The highest BCUT2D eigenvalue weighted by Crippen LogP contribution is 2.35. The number of aryl methyl sites for hydroxylation is 1. The number of carbonyl (C=O) groups excluding carboxylic acids is 2. The first kappa shape index (κ1) is 33.1. The molecule has 0 aromatic heterocycles. The van der Waals surface area contributed by atoms with Crippen molar-refractivity contribution < 1.29 is 18.0 Å². The zero-order chi connectivity index (χ0) is 31.1. The molecule has 7 nitrogen and oxygen atoms in total. The Hall–Kier alpha value is -2.78. The van der Waals surface area contributed by atoms with Crippen LogP contribution >= 0.6 is 34.8 Å². The number of rotatable bonds is 11. The Morgan fingerprint density at radius 1 is 0.884 bits per heavy atom. The van der Waals surface area contributed by atoms with Gasteiger partial charge in [-0.3, -0.25) is 13.9 Å². The van der Waals surface area contributed by atoms with Crippen molar-refractivity contribution in [3.8, 4) is 0 Å². The molecule has 0 saturated heterocycles. The number of amides is 2. The molecule has 1 unspecified atom stereocenters. The van der Waals surface area contributed by atoms with Gasteiger partial charge in [-0.2, -0.15) is 0 Å². The number of benzene rings is 3. The number of halogens is 3. The summed E-state index contributed by atoms with van der Waals surface area (Å²) >= 11 is 18.7. The molecule has 3 aromatic rings. The van der Waals surface area contributed by atoms with E-state index in [0.29, 0.717) is 0 Å². The van der Waals surface area contributed by atoms with E-state index in [0.717, 1.165) is 59.4 Å². The van der Waals surface area contributed by atoms with Gasteiger partial charge in [0.25, 0.3) is 0 Å². The van der Waals surface area contributed by atoms with Crippen molar-refractivity contribution in [2.45, 2.75) is 64.1 Å². The monoisotopic (exact) mass is 663 g/mol. The smallest absolute Gasteiger partial charge is 0.244 e. The first-order chi connectivity index (χ1) is 20.4. The Balaban J connectivity index is 1.74. The van der Waals surface area contributed by atoms with Gasteiger partial charge in [-0.25, -0.2) is 8.42 Å². The average molecular weight is 665 g/mol. The van der Waals surface area contributed by atoms with Crippen LogP contribution in [0.3, 0.4) is 0 Å². The topological polar surface area (TPSA) is 86.8 Å². The first-order valence-corrected chi connectivity index (χ1v) is 17.2. The van der Waals surface area contributed by atoms with Crippen LogP contribution in [0, 0.1) is 6.92 Å². The molecule has 11 heteroatoms. The third-order valence-electron chi connectivity index (χ3n) is 7.63. The largest absolute Gasteiger partial charge is 0.352 e. The molecule has 1 fully saturated rings. The lowest BCUT2D eigenvalue weighted by Crippen LogP contribution is -2.55. The van der Waals surface area contributed by atoms with Crippen LogP contribution in [0.25, 0.3) is 0 Å². The van der Waals surface area contributed by atoms with Crippen LogP contribution < -0.4 is 9.62 Å². The Labute approximate surface area is 269 Å². The van der Waals surface area contributed by atoms with E-state index in [1.807, 2.05) is 61.5 Å². The maximum absolute atomic E-state index is 14.3. The second-order valence-electron chi connectivity index (χ2n) is 11.0. The summed E-state index contributed by atoms with van der Waals surface area (Å²) in [6, 6.07) is 18.9. The van der Waals surface area contributed by atoms with Gasteiger partial charge in [-0.15, -0.1) is 0 Å². The highest BCUT2D eigenvalue weighted by Gasteiger charge is 2.34. The molecule has 1 aliphatic carbocycles. The van der Waals surface area contributed by atoms with Crippen molar-refractivity contribution in [2.24, 2.45) is 0 Å². The Morgan fingerprint density at radius 2 is 1.51 bits per heavy atom. The fraction of sp³-hybridized carbons (Fsp3) is 0.375.